The molecule has 0 bridgehead atoms. The van der Waals surface area contributed by atoms with Crippen LogP contribution in [0.3, 0.4) is 0 Å². The zero-order chi connectivity index (χ0) is 11.7. The Morgan fingerprint density at radius 3 is 1.13 bits per heavy atom. The summed E-state index contributed by atoms with van der Waals surface area (Å²) in [6, 6.07) is 0. The molecule has 0 spiro atoms. The molecule has 7 heteroatoms. The Morgan fingerprint density at radius 2 is 1.13 bits per heavy atom. The fourth-order valence-corrected chi connectivity index (χ4v) is 1.00. The van der Waals surface area contributed by atoms with Gasteiger partial charge in [0.15, 0.2) is 0 Å². The number of hydrogen-bond donors (Lipinski definition) is 0. The molecular weight excluding hydrogens is 246 g/mol. The van der Waals surface area contributed by atoms with E-state index in [0.717, 1.165) is 12.8 Å². The average molecular weight is 266 g/mol. The molecule has 0 aliphatic carbocycles. The molecule has 4 nitrogen and oxygen atoms in total. The van der Waals surface area contributed by atoms with E-state index in [1.165, 1.54) is 0 Å². The summed E-state index contributed by atoms with van der Waals surface area (Å²) in [6.07, 6.45) is 1.47. The molecule has 0 radical (unpaired) electrons. The summed E-state index contributed by atoms with van der Waals surface area (Å²) in [7, 11) is -4.93. The predicted molar refractivity (Wildman–Crippen MR) is 63.3 cm³/mol. The average Bonchev–Trinajstić information content (AvgIpc) is 2.15. The third kappa shape index (κ3) is 15.1. The van der Waals surface area contributed by atoms with Crippen LogP contribution in [0.25, 0.3) is 0 Å². The van der Waals surface area contributed by atoms with Crippen LogP contribution in [0.15, 0.2) is 0 Å². The van der Waals surface area contributed by atoms with E-state index >= 15 is 0 Å². The molecule has 0 amide bonds. The van der Waals surface area contributed by atoms with Crippen LogP contribution in [0.4, 0.5) is 0 Å². The summed E-state index contributed by atoms with van der Waals surface area (Å²) in [5, 5.41) is 0. The summed E-state index contributed by atoms with van der Waals surface area (Å²) >= 11 is 0. The zero-order valence-corrected chi connectivity index (χ0v) is 13.3. The van der Waals surface area contributed by atoms with E-state index < -0.39 is 16.1 Å². The van der Waals surface area contributed by atoms with Crippen molar-refractivity contribution in [2.24, 2.45) is 0 Å². The van der Waals surface area contributed by atoms with Crippen LogP contribution in [0.5, 0.6) is 0 Å². The van der Waals surface area contributed by atoms with Crippen molar-refractivity contribution in [3.63, 3.8) is 0 Å². The van der Waals surface area contributed by atoms with Gasteiger partial charge in [-0.2, -0.15) is 0 Å². The van der Waals surface area contributed by atoms with E-state index in [9.17, 15) is 18.9 Å². The van der Waals surface area contributed by atoms with Gasteiger partial charge in [0.1, 0.15) is 0 Å². The molecule has 4 unspecified atom stereocenters. The van der Waals surface area contributed by atoms with Gasteiger partial charge in [-0.05, 0) is 24.2 Å². The molecule has 0 saturated carbocycles. The normalized spacial score (nSPS) is 17.5. The van der Waals surface area contributed by atoms with E-state index in [1.54, 1.807) is 13.8 Å². The molecule has 0 N–H and O–H groups in total. The maximum Gasteiger partial charge on any atom is 2.00 e. The minimum absolute atomic E-state index is 0. The molecule has 0 aliphatic heterocycles. The Hall–Kier alpha value is 1.15. The SMILES string of the molecule is CCC(C)[PH](=O)[O-].CCC(C)[PH](=O)[O-].[Mg+2]. The molecule has 0 fully saturated rings. The monoisotopic (exact) mass is 266 g/mol. The van der Waals surface area contributed by atoms with Crippen LogP contribution in [0.2, 0.25) is 0 Å². The summed E-state index contributed by atoms with van der Waals surface area (Å²) in [4.78, 5) is 20.0. The summed E-state index contributed by atoms with van der Waals surface area (Å²) in [5.74, 6) is 0. The third-order valence-electron chi connectivity index (χ3n) is 2.03. The first-order valence-electron chi connectivity index (χ1n) is 4.78. The van der Waals surface area contributed by atoms with Crippen LogP contribution in [0.1, 0.15) is 40.5 Å². The fraction of sp³-hybridized carbons (Fsp3) is 1.00. The van der Waals surface area contributed by atoms with Gasteiger partial charge < -0.3 is 18.9 Å². The molecule has 4 atom stereocenters. The Balaban J connectivity index is -0.000000180. The van der Waals surface area contributed by atoms with Crippen LogP contribution in [-0.4, -0.2) is 34.4 Å². The van der Waals surface area contributed by atoms with Crippen molar-refractivity contribution in [1.29, 1.82) is 0 Å². The largest absolute Gasteiger partial charge is 2.00 e. The smallest absolute Gasteiger partial charge is 0.801 e. The van der Waals surface area contributed by atoms with E-state index in [4.69, 9.17) is 0 Å². The third-order valence-corrected chi connectivity index (χ3v) is 4.46. The zero-order valence-electron chi connectivity index (χ0n) is 9.91. The van der Waals surface area contributed by atoms with Crippen LogP contribution in [0, 0.1) is 0 Å². The van der Waals surface area contributed by atoms with Crippen molar-refractivity contribution in [2.45, 2.75) is 51.9 Å². The van der Waals surface area contributed by atoms with Crippen LogP contribution < -0.4 is 9.79 Å². The quantitative estimate of drug-likeness (QED) is 0.558. The second kappa shape index (κ2) is 13.2. The second-order valence-corrected chi connectivity index (χ2v) is 6.50. The van der Waals surface area contributed by atoms with Crippen molar-refractivity contribution < 1.29 is 18.9 Å². The van der Waals surface area contributed by atoms with Crippen LogP contribution >= 0.6 is 16.1 Å². The molecule has 0 aromatic carbocycles. The summed E-state index contributed by atoms with van der Waals surface area (Å²) in [6.45, 7) is 7.17. The first-order valence-corrected chi connectivity index (χ1v) is 7.57. The van der Waals surface area contributed by atoms with Gasteiger partial charge in [-0.1, -0.05) is 27.7 Å². The van der Waals surface area contributed by atoms with Crippen molar-refractivity contribution in [3.8, 4) is 0 Å². The van der Waals surface area contributed by atoms with Crippen LogP contribution in [-0.2, 0) is 9.13 Å². The molecule has 0 heterocycles. The van der Waals surface area contributed by atoms with Crippen molar-refractivity contribution in [3.05, 3.63) is 0 Å². The molecule has 15 heavy (non-hydrogen) atoms. The Kier molecular flexibility index (Phi) is 18.9. The maximum atomic E-state index is 10.0. The van der Waals surface area contributed by atoms with Gasteiger partial charge in [0.2, 0.25) is 0 Å². The van der Waals surface area contributed by atoms with Gasteiger partial charge >= 0.3 is 23.1 Å². The minimum atomic E-state index is -2.46. The first kappa shape index (κ1) is 21.4. The molecule has 0 aromatic heterocycles. The molecule has 0 rings (SSSR count). The maximum absolute atomic E-state index is 10.0. The van der Waals surface area contributed by atoms with E-state index in [1.807, 2.05) is 13.8 Å². The van der Waals surface area contributed by atoms with Gasteiger partial charge in [0.25, 0.3) is 0 Å². The molecular formula is C8H20MgO4P2. The second-order valence-electron chi connectivity index (χ2n) is 3.26. The molecule has 0 aliphatic rings. The van der Waals surface area contributed by atoms with Crippen molar-refractivity contribution in [1.82, 2.24) is 0 Å². The fourth-order valence-electron chi connectivity index (χ4n) is 0.333. The minimum Gasteiger partial charge on any atom is -0.801 e. The first-order chi connectivity index (χ1) is 6.36. The molecule has 88 valence electrons. The van der Waals surface area contributed by atoms with Crippen molar-refractivity contribution in [2.75, 3.05) is 0 Å². The topological polar surface area (TPSA) is 80.3 Å². The number of hydrogen-bond acceptors (Lipinski definition) is 4. The molecule has 0 aromatic rings. The Morgan fingerprint density at radius 1 is 0.933 bits per heavy atom. The van der Waals surface area contributed by atoms with Gasteiger partial charge in [-0.15, -0.1) is 0 Å². The molecule has 0 saturated heterocycles. The van der Waals surface area contributed by atoms with Gasteiger partial charge in [0, 0.05) is 16.1 Å². The van der Waals surface area contributed by atoms with E-state index in [2.05, 4.69) is 0 Å². The van der Waals surface area contributed by atoms with Gasteiger partial charge in [0.05, 0.1) is 0 Å². The van der Waals surface area contributed by atoms with Gasteiger partial charge in [-0.25, -0.2) is 0 Å². The predicted octanol–water partition coefficient (Wildman–Crippen LogP) is 0.859. The Labute approximate surface area is 110 Å². The number of rotatable bonds is 4. The van der Waals surface area contributed by atoms with E-state index in [-0.39, 0.29) is 34.4 Å². The standard InChI is InChI=1S/2C4H11O2P.Mg/c2*1-3-4(2)7(5)6;/h2*4,7H,3H2,1-2H3,(H,5,6);/q;;+2/p-2. The van der Waals surface area contributed by atoms with E-state index in [0.29, 0.717) is 0 Å². The van der Waals surface area contributed by atoms with Gasteiger partial charge in [-0.3, -0.25) is 0 Å². The summed E-state index contributed by atoms with van der Waals surface area (Å²) in [5.41, 5.74) is -0.213. The Bertz CT molecular complexity index is 169. The van der Waals surface area contributed by atoms with Crippen molar-refractivity contribution >= 4 is 39.1 Å². The summed E-state index contributed by atoms with van der Waals surface area (Å²) < 4.78 is 20.0.